The van der Waals surface area contributed by atoms with Crippen LogP contribution in [0.5, 0.6) is 0 Å². The number of nitrogens with one attached hydrogen (secondary N) is 1. The van der Waals surface area contributed by atoms with Crippen molar-refractivity contribution in [2.24, 2.45) is 0 Å². The van der Waals surface area contributed by atoms with Crippen LogP contribution >= 0.6 is 34.8 Å². The molecule has 15 heavy (non-hydrogen) atoms. The van der Waals surface area contributed by atoms with Crippen LogP contribution in [0.15, 0.2) is 12.1 Å². The molecule has 0 fully saturated rings. The van der Waals surface area contributed by atoms with E-state index in [0.29, 0.717) is 15.7 Å². The first-order chi connectivity index (χ1) is 7.04. The molecular formula is C10H10Cl3NO. The minimum absolute atomic E-state index is 0.174. The SMILES string of the molecule is Cc1cc(Cl)c(NC(=O)CCCl)cc1Cl. The Morgan fingerprint density at radius 3 is 2.60 bits per heavy atom. The normalized spacial score (nSPS) is 10.1. The van der Waals surface area contributed by atoms with Crippen molar-refractivity contribution in [2.45, 2.75) is 13.3 Å². The number of rotatable bonds is 3. The van der Waals surface area contributed by atoms with Gasteiger partial charge in [-0.1, -0.05) is 23.2 Å². The predicted molar refractivity (Wildman–Crippen MR) is 65.2 cm³/mol. The fourth-order valence-electron chi connectivity index (χ4n) is 1.04. The third-order valence-electron chi connectivity index (χ3n) is 1.84. The van der Waals surface area contributed by atoms with Crippen LogP contribution in [0.4, 0.5) is 5.69 Å². The lowest BCUT2D eigenvalue weighted by molar-refractivity contribution is -0.115. The van der Waals surface area contributed by atoms with Crippen molar-refractivity contribution in [3.05, 3.63) is 27.7 Å². The second kappa shape index (κ2) is 5.59. The topological polar surface area (TPSA) is 29.1 Å². The summed E-state index contributed by atoms with van der Waals surface area (Å²) in [4.78, 5) is 11.3. The Bertz CT molecular complexity index is 379. The van der Waals surface area contributed by atoms with Crippen molar-refractivity contribution in [2.75, 3.05) is 11.2 Å². The first kappa shape index (κ1) is 12.6. The second-order valence-electron chi connectivity index (χ2n) is 3.07. The molecular weight excluding hydrogens is 256 g/mol. The van der Waals surface area contributed by atoms with E-state index in [9.17, 15) is 4.79 Å². The zero-order valence-corrected chi connectivity index (χ0v) is 10.4. The van der Waals surface area contributed by atoms with E-state index in [1.807, 2.05) is 6.92 Å². The van der Waals surface area contributed by atoms with Crippen LogP contribution in [0.3, 0.4) is 0 Å². The fourth-order valence-corrected chi connectivity index (χ4v) is 1.64. The minimum atomic E-state index is -0.174. The molecule has 1 N–H and O–H groups in total. The van der Waals surface area contributed by atoms with Gasteiger partial charge in [0.2, 0.25) is 5.91 Å². The molecule has 0 aliphatic heterocycles. The van der Waals surface area contributed by atoms with Gasteiger partial charge in [-0.05, 0) is 24.6 Å². The first-order valence-corrected chi connectivity index (χ1v) is 5.65. The van der Waals surface area contributed by atoms with Gasteiger partial charge in [0.1, 0.15) is 0 Å². The van der Waals surface area contributed by atoms with Crippen molar-refractivity contribution in [3.8, 4) is 0 Å². The van der Waals surface area contributed by atoms with Gasteiger partial charge in [-0.25, -0.2) is 0 Å². The zero-order chi connectivity index (χ0) is 11.4. The standard InChI is InChI=1S/C10H10Cl3NO/c1-6-4-8(13)9(5-7(6)12)14-10(15)2-3-11/h4-5H,2-3H2,1H3,(H,14,15). The number of amides is 1. The van der Waals surface area contributed by atoms with Crippen molar-refractivity contribution in [3.63, 3.8) is 0 Å². The van der Waals surface area contributed by atoms with Crippen LogP contribution < -0.4 is 5.32 Å². The summed E-state index contributed by atoms with van der Waals surface area (Å²) >= 11 is 17.3. The largest absolute Gasteiger partial charge is 0.325 e. The Morgan fingerprint density at radius 1 is 1.33 bits per heavy atom. The molecule has 0 heterocycles. The number of halogens is 3. The third-order valence-corrected chi connectivity index (χ3v) is 2.75. The molecule has 0 unspecified atom stereocenters. The molecule has 0 aliphatic carbocycles. The van der Waals surface area contributed by atoms with E-state index in [2.05, 4.69) is 5.32 Å². The summed E-state index contributed by atoms with van der Waals surface area (Å²) in [5, 5.41) is 3.68. The van der Waals surface area contributed by atoms with E-state index in [-0.39, 0.29) is 18.2 Å². The molecule has 5 heteroatoms. The number of anilines is 1. The number of hydrogen-bond acceptors (Lipinski definition) is 1. The Hall–Kier alpha value is -0.440. The fraction of sp³-hybridized carbons (Fsp3) is 0.300. The Morgan fingerprint density at radius 2 is 2.00 bits per heavy atom. The van der Waals surface area contributed by atoms with Gasteiger partial charge in [0.05, 0.1) is 10.7 Å². The number of aryl methyl sites for hydroxylation is 1. The van der Waals surface area contributed by atoms with Crippen LogP contribution in [0.25, 0.3) is 0 Å². The molecule has 0 aromatic heterocycles. The van der Waals surface area contributed by atoms with Gasteiger partial charge >= 0.3 is 0 Å². The van der Waals surface area contributed by atoms with Crippen molar-refractivity contribution < 1.29 is 4.79 Å². The summed E-state index contributed by atoms with van der Waals surface area (Å²) in [6, 6.07) is 3.34. The summed E-state index contributed by atoms with van der Waals surface area (Å²) in [7, 11) is 0. The molecule has 1 amide bonds. The average molecular weight is 267 g/mol. The quantitative estimate of drug-likeness (QED) is 0.827. The number of hydrogen-bond donors (Lipinski definition) is 1. The van der Waals surface area contributed by atoms with E-state index in [0.717, 1.165) is 5.56 Å². The summed E-state index contributed by atoms with van der Waals surface area (Å²) in [5.74, 6) is 0.107. The van der Waals surface area contributed by atoms with Gasteiger partial charge in [-0.15, -0.1) is 11.6 Å². The molecule has 0 bridgehead atoms. The minimum Gasteiger partial charge on any atom is -0.325 e. The van der Waals surface area contributed by atoms with Gasteiger partial charge in [0.25, 0.3) is 0 Å². The number of alkyl halides is 1. The van der Waals surface area contributed by atoms with Crippen LogP contribution in [0, 0.1) is 6.92 Å². The summed E-state index contributed by atoms with van der Waals surface area (Å²) in [5.41, 5.74) is 1.39. The average Bonchev–Trinajstić information content (AvgIpc) is 2.14. The molecule has 0 spiro atoms. The van der Waals surface area contributed by atoms with Crippen LogP contribution in [-0.2, 0) is 4.79 Å². The van der Waals surface area contributed by atoms with Crippen molar-refractivity contribution >= 4 is 46.4 Å². The van der Waals surface area contributed by atoms with E-state index >= 15 is 0 Å². The zero-order valence-electron chi connectivity index (χ0n) is 8.11. The van der Waals surface area contributed by atoms with Gasteiger partial charge in [-0.2, -0.15) is 0 Å². The van der Waals surface area contributed by atoms with Gasteiger partial charge in [0.15, 0.2) is 0 Å². The molecule has 1 aromatic rings. The highest BCUT2D eigenvalue weighted by atomic mass is 35.5. The van der Waals surface area contributed by atoms with E-state index < -0.39 is 0 Å². The second-order valence-corrected chi connectivity index (χ2v) is 4.26. The highest BCUT2D eigenvalue weighted by Crippen LogP contribution is 2.28. The maximum Gasteiger partial charge on any atom is 0.225 e. The highest BCUT2D eigenvalue weighted by Gasteiger charge is 2.07. The number of benzene rings is 1. The monoisotopic (exact) mass is 265 g/mol. The molecule has 82 valence electrons. The molecule has 0 saturated carbocycles. The molecule has 2 nitrogen and oxygen atoms in total. The Labute approximate surface area is 104 Å². The molecule has 0 aliphatic rings. The summed E-state index contributed by atoms with van der Waals surface area (Å²) in [6.07, 6.45) is 0.253. The maximum atomic E-state index is 11.3. The molecule has 0 saturated heterocycles. The lowest BCUT2D eigenvalue weighted by Crippen LogP contribution is -2.12. The van der Waals surface area contributed by atoms with Gasteiger partial charge in [-0.3, -0.25) is 4.79 Å². The number of carbonyl (C=O) groups excluding carboxylic acids is 1. The van der Waals surface area contributed by atoms with Crippen LogP contribution in [-0.4, -0.2) is 11.8 Å². The Balaban J connectivity index is 2.86. The lowest BCUT2D eigenvalue weighted by atomic mass is 10.2. The highest BCUT2D eigenvalue weighted by molar-refractivity contribution is 6.36. The molecule has 1 rings (SSSR count). The molecule has 0 radical (unpaired) electrons. The van der Waals surface area contributed by atoms with E-state index in [4.69, 9.17) is 34.8 Å². The maximum absolute atomic E-state index is 11.3. The summed E-state index contributed by atoms with van der Waals surface area (Å²) in [6.45, 7) is 1.85. The first-order valence-electron chi connectivity index (χ1n) is 4.36. The van der Waals surface area contributed by atoms with Gasteiger partial charge < -0.3 is 5.32 Å². The molecule has 1 aromatic carbocycles. The van der Waals surface area contributed by atoms with E-state index in [1.165, 1.54) is 0 Å². The predicted octanol–water partition coefficient (Wildman–Crippen LogP) is 3.87. The molecule has 0 atom stereocenters. The third kappa shape index (κ3) is 3.56. The van der Waals surface area contributed by atoms with Gasteiger partial charge in [0, 0.05) is 17.3 Å². The van der Waals surface area contributed by atoms with Crippen molar-refractivity contribution in [1.82, 2.24) is 0 Å². The van der Waals surface area contributed by atoms with Crippen molar-refractivity contribution in [1.29, 1.82) is 0 Å². The van der Waals surface area contributed by atoms with Crippen LogP contribution in [0.2, 0.25) is 10.0 Å². The smallest absolute Gasteiger partial charge is 0.225 e. The van der Waals surface area contributed by atoms with E-state index in [1.54, 1.807) is 12.1 Å². The lowest BCUT2D eigenvalue weighted by Gasteiger charge is -2.08. The Kier molecular flexibility index (Phi) is 4.71. The summed E-state index contributed by atoms with van der Waals surface area (Å²) < 4.78 is 0. The van der Waals surface area contributed by atoms with Crippen LogP contribution in [0.1, 0.15) is 12.0 Å². The number of carbonyl (C=O) groups is 1.